The van der Waals surface area contributed by atoms with E-state index < -0.39 is 0 Å². The van der Waals surface area contributed by atoms with Gasteiger partial charge in [0.25, 0.3) is 5.91 Å². The molecule has 0 saturated carbocycles. The minimum Gasteiger partial charge on any atom is -0.497 e. The van der Waals surface area contributed by atoms with Crippen molar-refractivity contribution < 1.29 is 9.53 Å². The van der Waals surface area contributed by atoms with E-state index in [4.69, 9.17) is 4.74 Å². The standard InChI is InChI=1S/C24H24N4O2S/c1-26(2)18-9-11-19(12-10-18)28-15-5-6-20(28)16-22-23(29)27(3)24(31-22)25-17-7-13-21(30-4)14-8-17/h5-16H,1-4H3/b22-16-,25-24?. The maximum Gasteiger partial charge on any atom is 0.266 e. The van der Waals surface area contributed by atoms with Crippen LogP contribution in [0.4, 0.5) is 11.4 Å². The second-order valence-electron chi connectivity index (χ2n) is 7.28. The Hall–Kier alpha value is -3.45. The first-order valence-corrected chi connectivity index (χ1v) is 10.6. The lowest BCUT2D eigenvalue weighted by atomic mass is 10.2. The van der Waals surface area contributed by atoms with Crippen molar-refractivity contribution in [2.45, 2.75) is 0 Å². The molecule has 6 nitrogen and oxygen atoms in total. The van der Waals surface area contributed by atoms with Gasteiger partial charge < -0.3 is 14.2 Å². The van der Waals surface area contributed by atoms with Crippen molar-refractivity contribution in [3.63, 3.8) is 0 Å². The van der Waals surface area contributed by atoms with Crippen molar-refractivity contribution in [3.05, 3.63) is 77.5 Å². The van der Waals surface area contributed by atoms with Crippen LogP contribution in [0, 0.1) is 0 Å². The number of methoxy groups -OCH3 is 1. The van der Waals surface area contributed by atoms with Gasteiger partial charge in [0.15, 0.2) is 5.17 Å². The molecule has 0 unspecified atom stereocenters. The number of amides is 1. The van der Waals surface area contributed by atoms with E-state index in [9.17, 15) is 4.79 Å². The van der Waals surface area contributed by atoms with Crippen LogP contribution in [0.25, 0.3) is 11.8 Å². The largest absolute Gasteiger partial charge is 0.497 e. The fraction of sp³-hybridized carbons (Fsp3) is 0.167. The van der Waals surface area contributed by atoms with Crippen molar-refractivity contribution in [1.29, 1.82) is 0 Å². The van der Waals surface area contributed by atoms with E-state index in [1.54, 1.807) is 19.1 Å². The van der Waals surface area contributed by atoms with Gasteiger partial charge in [0.1, 0.15) is 5.75 Å². The Balaban J connectivity index is 1.60. The first kappa shape index (κ1) is 20.8. The number of aliphatic imine (C=N–C) groups is 1. The number of benzene rings is 2. The molecular formula is C24H24N4O2S. The molecule has 0 N–H and O–H groups in total. The van der Waals surface area contributed by atoms with Crippen LogP contribution in [0.5, 0.6) is 5.75 Å². The molecule has 1 aromatic heterocycles. The minimum absolute atomic E-state index is 0.0621. The Morgan fingerprint density at radius 3 is 2.39 bits per heavy atom. The van der Waals surface area contributed by atoms with E-state index in [0.29, 0.717) is 10.1 Å². The third-order valence-electron chi connectivity index (χ3n) is 5.00. The lowest BCUT2D eigenvalue weighted by Crippen LogP contribution is -2.23. The highest BCUT2D eigenvalue weighted by molar-refractivity contribution is 8.18. The Labute approximate surface area is 186 Å². The van der Waals surface area contributed by atoms with Gasteiger partial charge in [-0.2, -0.15) is 0 Å². The molecule has 0 aliphatic carbocycles. The second-order valence-corrected chi connectivity index (χ2v) is 8.29. The number of hydrogen-bond acceptors (Lipinski definition) is 5. The summed E-state index contributed by atoms with van der Waals surface area (Å²) in [4.78, 5) is 21.7. The molecule has 0 spiro atoms. The Morgan fingerprint density at radius 2 is 1.74 bits per heavy atom. The van der Waals surface area contributed by atoms with Crippen LogP contribution in [0.1, 0.15) is 5.69 Å². The summed E-state index contributed by atoms with van der Waals surface area (Å²) in [6.45, 7) is 0. The van der Waals surface area contributed by atoms with E-state index in [0.717, 1.165) is 28.5 Å². The summed E-state index contributed by atoms with van der Waals surface area (Å²) in [6.07, 6.45) is 3.91. The molecule has 158 valence electrons. The van der Waals surface area contributed by atoms with Crippen LogP contribution in [-0.4, -0.2) is 48.8 Å². The third-order valence-corrected chi connectivity index (χ3v) is 6.06. The summed E-state index contributed by atoms with van der Waals surface area (Å²) in [6, 6.07) is 19.7. The van der Waals surface area contributed by atoms with Gasteiger partial charge in [0, 0.05) is 44.4 Å². The van der Waals surface area contributed by atoms with Crippen LogP contribution in [0.2, 0.25) is 0 Å². The van der Waals surface area contributed by atoms with Crippen LogP contribution in [0.3, 0.4) is 0 Å². The number of rotatable bonds is 5. The molecule has 2 aromatic carbocycles. The number of anilines is 1. The SMILES string of the molecule is COc1ccc(N=C2S/C(=C\c3cccn3-c3ccc(N(C)C)cc3)C(=O)N2C)cc1. The lowest BCUT2D eigenvalue weighted by Gasteiger charge is -2.13. The van der Waals surface area contributed by atoms with Crippen LogP contribution < -0.4 is 9.64 Å². The number of ether oxygens (including phenoxy) is 1. The summed E-state index contributed by atoms with van der Waals surface area (Å²) < 4.78 is 7.26. The predicted octanol–water partition coefficient (Wildman–Crippen LogP) is 4.79. The van der Waals surface area contributed by atoms with Gasteiger partial charge >= 0.3 is 0 Å². The van der Waals surface area contributed by atoms with Crippen molar-refractivity contribution >= 4 is 40.3 Å². The smallest absolute Gasteiger partial charge is 0.266 e. The molecule has 0 atom stereocenters. The molecule has 1 saturated heterocycles. The molecule has 4 rings (SSSR count). The minimum atomic E-state index is -0.0621. The maximum absolute atomic E-state index is 12.8. The lowest BCUT2D eigenvalue weighted by molar-refractivity contribution is -0.121. The Bertz CT molecular complexity index is 1150. The number of hydrogen-bond donors (Lipinski definition) is 0. The number of aromatic nitrogens is 1. The number of carbonyl (C=O) groups excluding carboxylic acids is 1. The van der Waals surface area contributed by atoms with Crippen molar-refractivity contribution in [3.8, 4) is 11.4 Å². The van der Waals surface area contributed by atoms with E-state index in [-0.39, 0.29) is 5.91 Å². The van der Waals surface area contributed by atoms with Crippen LogP contribution in [-0.2, 0) is 4.79 Å². The fourth-order valence-corrected chi connectivity index (χ4v) is 4.18. The molecule has 1 aliphatic heterocycles. The molecule has 0 radical (unpaired) electrons. The summed E-state index contributed by atoms with van der Waals surface area (Å²) in [5.41, 5.74) is 3.89. The van der Waals surface area contributed by atoms with Gasteiger partial charge in [-0.15, -0.1) is 0 Å². The first-order chi connectivity index (χ1) is 15.0. The number of thioether (sulfide) groups is 1. The summed E-state index contributed by atoms with van der Waals surface area (Å²) in [7, 11) is 7.41. The quantitative estimate of drug-likeness (QED) is 0.544. The molecular weight excluding hydrogens is 408 g/mol. The van der Waals surface area contributed by atoms with Gasteiger partial charge in [-0.3, -0.25) is 9.69 Å². The second kappa shape index (κ2) is 8.73. The van der Waals surface area contributed by atoms with Gasteiger partial charge in [0.2, 0.25) is 0 Å². The molecule has 7 heteroatoms. The van der Waals surface area contributed by atoms with E-state index in [1.165, 1.54) is 11.8 Å². The highest BCUT2D eigenvalue weighted by atomic mass is 32.2. The summed E-state index contributed by atoms with van der Waals surface area (Å²) in [5.74, 6) is 0.709. The van der Waals surface area contributed by atoms with Crippen LogP contribution >= 0.6 is 11.8 Å². The molecule has 1 aliphatic rings. The predicted molar refractivity (Wildman–Crippen MR) is 129 cm³/mol. The average Bonchev–Trinajstić information content (AvgIpc) is 3.35. The number of likely N-dealkylation sites (N-methyl/N-ethyl adjacent to an activating group) is 1. The zero-order chi connectivity index (χ0) is 22.0. The van der Waals surface area contributed by atoms with Gasteiger partial charge in [0.05, 0.1) is 17.7 Å². The monoisotopic (exact) mass is 432 g/mol. The van der Waals surface area contributed by atoms with E-state index in [1.807, 2.05) is 62.8 Å². The number of nitrogens with zero attached hydrogens (tertiary/aromatic N) is 4. The zero-order valence-electron chi connectivity index (χ0n) is 17.9. The summed E-state index contributed by atoms with van der Waals surface area (Å²) in [5, 5.41) is 0.648. The zero-order valence-corrected chi connectivity index (χ0v) is 18.8. The van der Waals surface area contributed by atoms with Gasteiger partial charge in [-0.1, -0.05) is 0 Å². The maximum atomic E-state index is 12.8. The first-order valence-electron chi connectivity index (χ1n) is 9.82. The average molecular weight is 433 g/mol. The summed E-state index contributed by atoms with van der Waals surface area (Å²) >= 11 is 1.38. The highest BCUT2D eigenvalue weighted by Crippen LogP contribution is 2.34. The highest BCUT2D eigenvalue weighted by Gasteiger charge is 2.30. The van der Waals surface area contributed by atoms with Gasteiger partial charge in [-0.25, -0.2) is 4.99 Å². The Kier molecular flexibility index (Phi) is 5.86. The number of carbonyl (C=O) groups is 1. The molecule has 2 heterocycles. The molecule has 3 aromatic rings. The van der Waals surface area contributed by atoms with Crippen LogP contribution in [0.15, 0.2) is 76.8 Å². The van der Waals surface area contributed by atoms with E-state index in [2.05, 4.69) is 38.7 Å². The van der Waals surface area contributed by atoms with Crippen molar-refractivity contribution in [2.75, 3.05) is 33.2 Å². The fourth-order valence-electron chi connectivity index (χ4n) is 3.21. The molecule has 1 amide bonds. The van der Waals surface area contributed by atoms with Gasteiger partial charge in [-0.05, 0) is 78.5 Å². The molecule has 1 fully saturated rings. The normalized spacial score (nSPS) is 16.4. The number of amidine groups is 1. The topological polar surface area (TPSA) is 50.1 Å². The molecule has 31 heavy (non-hydrogen) atoms. The third kappa shape index (κ3) is 4.36. The van der Waals surface area contributed by atoms with E-state index >= 15 is 0 Å². The van der Waals surface area contributed by atoms with Crippen molar-refractivity contribution in [2.24, 2.45) is 4.99 Å². The van der Waals surface area contributed by atoms with Crippen molar-refractivity contribution in [1.82, 2.24) is 9.47 Å². The Morgan fingerprint density at radius 1 is 1.03 bits per heavy atom. The molecule has 0 bridgehead atoms.